The predicted octanol–water partition coefficient (Wildman–Crippen LogP) is 0.421. The van der Waals surface area contributed by atoms with Gasteiger partial charge in [0.25, 0.3) is 5.79 Å². The van der Waals surface area contributed by atoms with E-state index in [2.05, 4.69) is 10.3 Å². The summed E-state index contributed by atoms with van der Waals surface area (Å²) in [7, 11) is 0. The normalized spacial score (nSPS) is 25.0. The van der Waals surface area contributed by atoms with Crippen molar-refractivity contribution in [2.45, 2.75) is 19.6 Å². The number of esters is 2. The summed E-state index contributed by atoms with van der Waals surface area (Å²) < 4.78 is 10.1. The van der Waals surface area contributed by atoms with Gasteiger partial charge in [-0.25, -0.2) is 9.59 Å². The monoisotopic (exact) mass is 289 g/mol. The molecular formula is C14H15N3O4. The van der Waals surface area contributed by atoms with Gasteiger partial charge in [-0.3, -0.25) is 4.99 Å². The van der Waals surface area contributed by atoms with Crippen LogP contribution in [0.2, 0.25) is 0 Å². The van der Waals surface area contributed by atoms with Gasteiger partial charge in [0.15, 0.2) is 0 Å². The van der Waals surface area contributed by atoms with Gasteiger partial charge in [-0.05, 0) is 18.2 Å². The molecule has 0 atom stereocenters. The lowest BCUT2D eigenvalue weighted by atomic mass is 10.2. The first kappa shape index (κ1) is 13.4. The van der Waals surface area contributed by atoms with Crippen LogP contribution in [0.5, 0.6) is 0 Å². The van der Waals surface area contributed by atoms with Crippen molar-refractivity contribution in [2.75, 3.05) is 13.1 Å². The zero-order valence-electron chi connectivity index (χ0n) is 11.8. The third-order valence-corrected chi connectivity index (χ3v) is 3.16. The number of cyclic esters (lactones) is 2. The van der Waals surface area contributed by atoms with Gasteiger partial charge in [-0.15, -0.1) is 0 Å². The molecule has 0 aromatic heterocycles. The van der Waals surface area contributed by atoms with Crippen LogP contribution >= 0.6 is 0 Å². The molecule has 1 saturated heterocycles. The molecule has 7 heteroatoms. The molecule has 1 N–H and O–H groups in total. The molecule has 21 heavy (non-hydrogen) atoms. The van der Waals surface area contributed by atoms with Crippen molar-refractivity contribution in [3.63, 3.8) is 0 Å². The van der Waals surface area contributed by atoms with E-state index < -0.39 is 17.7 Å². The molecule has 0 aliphatic carbocycles. The number of nitrogens with one attached hydrogen (secondary N) is 1. The highest BCUT2D eigenvalue weighted by atomic mass is 16.7. The number of aliphatic imine (C=N–C) groups is 1. The molecule has 3 aliphatic heterocycles. The maximum atomic E-state index is 11.8. The first-order chi connectivity index (χ1) is 9.96. The number of nitrogens with zero attached hydrogens (tertiary/aromatic N) is 2. The van der Waals surface area contributed by atoms with Crippen LogP contribution in [0.15, 0.2) is 40.7 Å². The second-order valence-corrected chi connectivity index (χ2v) is 5.19. The van der Waals surface area contributed by atoms with Crippen molar-refractivity contribution in [3.05, 3.63) is 35.7 Å². The van der Waals surface area contributed by atoms with E-state index in [4.69, 9.17) is 9.47 Å². The summed E-state index contributed by atoms with van der Waals surface area (Å²) in [6, 6.07) is 0. The highest BCUT2D eigenvalue weighted by Crippen LogP contribution is 2.23. The average molecular weight is 289 g/mol. The third kappa shape index (κ3) is 2.54. The summed E-state index contributed by atoms with van der Waals surface area (Å²) in [4.78, 5) is 29.9. The molecular weight excluding hydrogens is 274 g/mol. The van der Waals surface area contributed by atoms with Gasteiger partial charge in [-0.2, -0.15) is 0 Å². The lowest BCUT2D eigenvalue weighted by Crippen LogP contribution is -2.41. The Hall–Kier alpha value is -2.57. The Kier molecular flexibility index (Phi) is 3.04. The minimum atomic E-state index is -1.22. The second-order valence-electron chi connectivity index (χ2n) is 5.19. The fraction of sp³-hybridized carbons (Fsp3) is 0.357. The topological polar surface area (TPSA) is 80.2 Å². The second kappa shape index (κ2) is 4.76. The van der Waals surface area contributed by atoms with Gasteiger partial charge in [0.1, 0.15) is 5.57 Å². The Morgan fingerprint density at radius 2 is 2.00 bits per heavy atom. The van der Waals surface area contributed by atoms with Gasteiger partial charge in [0, 0.05) is 32.3 Å². The zero-order chi connectivity index (χ0) is 15.0. The number of allylic oxidation sites excluding steroid dienone is 3. The third-order valence-electron chi connectivity index (χ3n) is 3.16. The molecule has 3 heterocycles. The van der Waals surface area contributed by atoms with Crippen molar-refractivity contribution in [3.8, 4) is 0 Å². The highest BCUT2D eigenvalue weighted by molar-refractivity contribution is 6.15. The van der Waals surface area contributed by atoms with Crippen molar-refractivity contribution < 1.29 is 19.1 Å². The lowest BCUT2D eigenvalue weighted by molar-refractivity contribution is -0.222. The van der Waals surface area contributed by atoms with E-state index in [0.29, 0.717) is 6.54 Å². The maximum Gasteiger partial charge on any atom is 0.348 e. The number of ether oxygens (including phenoxy) is 2. The van der Waals surface area contributed by atoms with Crippen LogP contribution in [-0.4, -0.2) is 41.7 Å². The number of hydrogen-bond donors (Lipinski definition) is 1. The van der Waals surface area contributed by atoms with Gasteiger partial charge in [0.2, 0.25) is 5.96 Å². The van der Waals surface area contributed by atoms with E-state index in [-0.39, 0.29) is 5.57 Å². The summed E-state index contributed by atoms with van der Waals surface area (Å²) in [6.07, 6.45) is 6.69. The molecule has 0 amide bonds. The number of rotatable bonds is 1. The Balaban J connectivity index is 1.85. The molecule has 0 aromatic rings. The van der Waals surface area contributed by atoms with Crippen molar-refractivity contribution in [1.82, 2.24) is 10.2 Å². The first-order valence-corrected chi connectivity index (χ1v) is 6.60. The minimum absolute atomic E-state index is 0.119. The molecule has 110 valence electrons. The van der Waals surface area contributed by atoms with Crippen LogP contribution in [0, 0.1) is 0 Å². The fourth-order valence-electron chi connectivity index (χ4n) is 2.22. The Morgan fingerprint density at radius 1 is 1.29 bits per heavy atom. The van der Waals surface area contributed by atoms with Crippen molar-refractivity contribution in [1.29, 1.82) is 0 Å². The van der Waals surface area contributed by atoms with E-state index in [1.54, 1.807) is 12.3 Å². The van der Waals surface area contributed by atoms with E-state index in [1.807, 2.05) is 11.0 Å². The Morgan fingerprint density at radius 3 is 2.71 bits per heavy atom. The lowest BCUT2D eigenvalue weighted by Gasteiger charge is -2.29. The van der Waals surface area contributed by atoms with Gasteiger partial charge in [0.05, 0.1) is 6.54 Å². The van der Waals surface area contributed by atoms with Gasteiger partial charge in [-0.1, -0.05) is 0 Å². The quantitative estimate of drug-likeness (QED) is 0.428. The molecule has 0 aromatic carbocycles. The highest BCUT2D eigenvalue weighted by Gasteiger charge is 2.38. The van der Waals surface area contributed by atoms with Crippen molar-refractivity contribution >= 4 is 17.9 Å². The van der Waals surface area contributed by atoms with Crippen LogP contribution < -0.4 is 5.32 Å². The summed E-state index contributed by atoms with van der Waals surface area (Å²) in [5.74, 6) is -1.82. The number of hydrogen-bond acceptors (Lipinski definition) is 7. The van der Waals surface area contributed by atoms with Crippen LogP contribution in [0.4, 0.5) is 0 Å². The summed E-state index contributed by atoms with van der Waals surface area (Å²) in [5, 5.41) is 3.03. The van der Waals surface area contributed by atoms with E-state index >= 15 is 0 Å². The zero-order valence-corrected chi connectivity index (χ0v) is 11.8. The summed E-state index contributed by atoms with van der Waals surface area (Å²) >= 11 is 0. The van der Waals surface area contributed by atoms with Crippen LogP contribution in [-0.2, 0) is 19.1 Å². The molecule has 0 radical (unpaired) electrons. The molecule has 0 spiro atoms. The Labute approximate surface area is 121 Å². The Bertz CT molecular complexity index is 606. The molecule has 3 rings (SSSR count). The van der Waals surface area contributed by atoms with Crippen molar-refractivity contribution in [2.24, 2.45) is 4.99 Å². The number of guanidine groups is 1. The van der Waals surface area contributed by atoms with Crippen LogP contribution in [0.25, 0.3) is 0 Å². The summed E-state index contributed by atoms with van der Waals surface area (Å²) in [5.41, 5.74) is 0.717. The smallest absolute Gasteiger partial charge is 0.348 e. The molecule has 3 aliphatic rings. The van der Waals surface area contributed by atoms with E-state index in [0.717, 1.165) is 18.2 Å². The SMILES string of the molecule is CC1(C)OC(=O)C(=CC=C2C=CNC3=NCCN23)C(=O)O1. The average Bonchev–Trinajstić information content (AvgIpc) is 2.85. The van der Waals surface area contributed by atoms with E-state index in [1.165, 1.54) is 19.9 Å². The van der Waals surface area contributed by atoms with E-state index in [9.17, 15) is 9.59 Å². The van der Waals surface area contributed by atoms with Gasteiger partial charge < -0.3 is 19.7 Å². The largest absolute Gasteiger partial charge is 0.419 e. The number of carbonyl (C=O) groups excluding carboxylic acids is 2. The molecule has 1 fully saturated rings. The standard InChI is InChI=1S/C14H15N3O4/c1-14(2)20-11(18)10(12(19)21-14)4-3-9-5-6-15-13-16-7-8-17(9)13/h3-6H,7-8H2,1-2H3,(H,15,16). The molecule has 7 nitrogen and oxygen atoms in total. The first-order valence-electron chi connectivity index (χ1n) is 6.60. The number of fused-ring (bicyclic) bond motifs is 1. The predicted molar refractivity (Wildman–Crippen MR) is 73.7 cm³/mol. The summed E-state index contributed by atoms with van der Waals surface area (Å²) in [6.45, 7) is 4.49. The van der Waals surface area contributed by atoms with Crippen LogP contribution in [0.1, 0.15) is 13.8 Å². The maximum absolute atomic E-state index is 11.8. The molecule has 0 saturated carbocycles. The number of carbonyl (C=O) groups is 2. The molecule has 0 unspecified atom stereocenters. The molecule has 0 bridgehead atoms. The van der Waals surface area contributed by atoms with Gasteiger partial charge >= 0.3 is 11.9 Å². The fourth-order valence-corrected chi connectivity index (χ4v) is 2.22. The van der Waals surface area contributed by atoms with Crippen LogP contribution in [0.3, 0.4) is 0 Å². The minimum Gasteiger partial charge on any atom is -0.419 e.